The minimum atomic E-state index is -4.96. The summed E-state index contributed by atoms with van der Waals surface area (Å²) < 4.78 is 68.7. The molecule has 0 aromatic rings. The number of phosphoric acid groups is 2. The molecule has 0 rings (SSSR count). The van der Waals surface area contributed by atoms with Gasteiger partial charge in [-0.15, -0.1) is 0 Å². The van der Waals surface area contributed by atoms with Crippen molar-refractivity contribution in [2.75, 3.05) is 39.6 Å². The average Bonchev–Trinajstić information content (AvgIpc) is 0.946. The van der Waals surface area contributed by atoms with Gasteiger partial charge in [-0.25, -0.2) is 9.13 Å². The Morgan fingerprint density at radius 1 is 0.277 bits per heavy atom. The molecule has 0 aromatic heterocycles. The Morgan fingerprint density at radius 3 is 0.703 bits per heavy atom. The van der Waals surface area contributed by atoms with E-state index >= 15 is 0 Å². The Labute approximate surface area is 619 Å². The molecule has 600 valence electrons. The minimum Gasteiger partial charge on any atom is -0.462 e. The molecule has 0 aliphatic carbocycles. The van der Waals surface area contributed by atoms with Crippen LogP contribution in [0.5, 0.6) is 0 Å². The van der Waals surface area contributed by atoms with Crippen molar-refractivity contribution in [3.05, 3.63) is 0 Å². The van der Waals surface area contributed by atoms with Gasteiger partial charge in [-0.3, -0.25) is 37.3 Å². The molecule has 0 bridgehead atoms. The molecule has 0 aromatic carbocycles. The third kappa shape index (κ3) is 74.7. The summed E-state index contributed by atoms with van der Waals surface area (Å²) in [4.78, 5) is 73.0. The normalized spacial score (nSPS) is 14.3. The first-order chi connectivity index (χ1) is 48.6. The van der Waals surface area contributed by atoms with Crippen LogP contribution < -0.4 is 0 Å². The van der Waals surface area contributed by atoms with Crippen LogP contribution in [-0.4, -0.2) is 96.7 Å². The predicted molar refractivity (Wildman–Crippen MR) is 414 cm³/mol. The van der Waals surface area contributed by atoms with Gasteiger partial charge < -0.3 is 33.8 Å². The Kier molecular flexibility index (Phi) is 69.6. The number of hydrogen-bond donors (Lipinski definition) is 3. The van der Waals surface area contributed by atoms with Crippen molar-refractivity contribution >= 4 is 39.5 Å². The molecule has 101 heavy (non-hydrogen) atoms. The van der Waals surface area contributed by atoms with Crippen LogP contribution in [0, 0.1) is 23.7 Å². The van der Waals surface area contributed by atoms with Gasteiger partial charge in [0.25, 0.3) is 0 Å². The molecule has 0 heterocycles. The van der Waals surface area contributed by atoms with E-state index in [2.05, 4.69) is 55.4 Å². The van der Waals surface area contributed by atoms with E-state index in [0.29, 0.717) is 25.7 Å². The van der Waals surface area contributed by atoms with Crippen LogP contribution >= 0.6 is 15.6 Å². The molecule has 0 radical (unpaired) electrons. The Hall–Kier alpha value is -1.94. The Morgan fingerprint density at radius 2 is 0.475 bits per heavy atom. The second-order valence-corrected chi connectivity index (χ2v) is 34.1. The SMILES string of the molecule is CCC(C)CCCCCCCCC(=O)O[C@H](COC(=O)CCCCCCCCCCC(C)C)COP(=O)(O)OCC(O)COP(=O)(O)OC[C@@H](COC(=O)CCCCCCCCCCCCCCCCCCC(C)C)OC(=O)CCCCCCCCCCCCCCCCCCCCC(C)C. The number of hydrogen-bond acceptors (Lipinski definition) is 15. The maximum Gasteiger partial charge on any atom is 0.472 e. The molecular weight excluding hydrogens is 1320 g/mol. The highest BCUT2D eigenvalue weighted by molar-refractivity contribution is 7.47. The molecule has 4 unspecified atom stereocenters. The van der Waals surface area contributed by atoms with E-state index in [9.17, 15) is 43.2 Å². The summed E-state index contributed by atoms with van der Waals surface area (Å²) in [6.45, 7) is 14.2. The predicted octanol–water partition coefficient (Wildman–Crippen LogP) is 24.4. The Bertz CT molecular complexity index is 1970. The number of aliphatic hydroxyl groups excluding tert-OH is 1. The number of carbonyl (C=O) groups is 4. The second-order valence-electron chi connectivity index (χ2n) is 31.2. The lowest BCUT2D eigenvalue weighted by atomic mass is 10.00. The van der Waals surface area contributed by atoms with Crippen LogP contribution in [0.4, 0.5) is 0 Å². The molecule has 19 heteroatoms. The first-order valence-electron chi connectivity index (χ1n) is 42.2. The molecule has 0 aliphatic heterocycles. The van der Waals surface area contributed by atoms with Crippen LogP contribution in [0.2, 0.25) is 0 Å². The summed E-state index contributed by atoms with van der Waals surface area (Å²) in [5.41, 5.74) is 0. The summed E-state index contributed by atoms with van der Waals surface area (Å²) in [5, 5.41) is 10.6. The molecule has 0 saturated carbocycles. The van der Waals surface area contributed by atoms with Crippen LogP contribution in [0.1, 0.15) is 421 Å². The molecule has 0 aliphatic rings. The third-order valence-corrected chi connectivity index (χ3v) is 21.3. The lowest BCUT2D eigenvalue weighted by Gasteiger charge is -2.21. The second kappa shape index (κ2) is 71.0. The van der Waals surface area contributed by atoms with Gasteiger partial charge in [0.15, 0.2) is 12.2 Å². The van der Waals surface area contributed by atoms with Crippen LogP contribution in [0.3, 0.4) is 0 Å². The van der Waals surface area contributed by atoms with Crippen LogP contribution in [-0.2, 0) is 65.4 Å². The maximum atomic E-state index is 13.1. The smallest absolute Gasteiger partial charge is 0.462 e. The number of ether oxygens (including phenoxy) is 4. The molecule has 0 fully saturated rings. The summed E-state index contributed by atoms with van der Waals surface area (Å²) in [5.74, 6) is 0.962. The van der Waals surface area contributed by atoms with Crippen molar-refractivity contribution in [3.63, 3.8) is 0 Å². The van der Waals surface area contributed by atoms with Crippen LogP contribution in [0.25, 0.3) is 0 Å². The summed E-state index contributed by atoms with van der Waals surface area (Å²) in [6.07, 6.45) is 58.5. The number of phosphoric ester groups is 2. The van der Waals surface area contributed by atoms with Crippen LogP contribution in [0.15, 0.2) is 0 Å². The van der Waals surface area contributed by atoms with Gasteiger partial charge in [0, 0.05) is 25.7 Å². The minimum absolute atomic E-state index is 0.102. The molecule has 3 N–H and O–H groups in total. The third-order valence-electron chi connectivity index (χ3n) is 19.4. The number of rotatable bonds is 79. The first-order valence-corrected chi connectivity index (χ1v) is 45.2. The van der Waals surface area contributed by atoms with Gasteiger partial charge in [0.2, 0.25) is 0 Å². The maximum absolute atomic E-state index is 13.1. The van der Waals surface area contributed by atoms with Crippen molar-refractivity contribution in [3.8, 4) is 0 Å². The summed E-state index contributed by atoms with van der Waals surface area (Å²) in [6, 6.07) is 0. The van der Waals surface area contributed by atoms with E-state index in [4.69, 9.17) is 37.0 Å². The van der Waals surface area contributed by atoms with E-state index < -0.39 is 97.5 Å². The van der Waals surface area contributed by atoms with E-state index in [1.165, 1.54) is 225 Å². The number of esters is 4. The molecule has 0 amide bonds. The fourth-order valence-corrected chi connectivity index (χ4v) is 14.2. The van der Waals surface area contributed by atoms with Crippen molar-refractivity contribution < 1.29 is 80.2 Å². The quantitative estimate of drug-likeness (QED) is 0.0222. The van der Waals surface area contributed by atoms with E-state index in [1.54, 1.807) is 0 Å². The highest BCUT2D eigenvalue weighted by Gasteiger charge is 2.30. The monoisotopic (exact) mass is 1480 g/mol. The largest absolute Gasteiger partial charge is 0.472 e. The van der Waals surface area contributed by atoms with Crippen molar-refractivity contribution in [1.29, 1.82) is 0 Å². The summed E-state index contributed by atoms with van der Waals surface area (Å²) in [7, 11) is -9.92. The van der Waals surface area contributed by atoms with Gasteiger partial charge in [-0.1, -0.05) is 370 Å². The molecule has 0 spiro atoms. The Balaban J connectivity index is 5.21. The van der Waals surface area contributed by atoms with Gasteiger partial charge in [0.05, 0.1) is 26.4 Å². The lowest BCUT2D eigenvalue weighted by molar-refractivity contribution is -0.161. The number of aliphatic hydroxyl groups is 1. The standard InChI is InChI=1S/C82H160O17P2/c1-9-75(8)61-53-45-40-41-49-57-65-82(87)99-78(69-93-80(85)63-55-47-38-33-32-36-44-52-60-74(6)7)71-97-101(90,91)95-67-76(83)66-94-100(88,89)96-70-77(68-92-79(84)62-54-46-37-30-26-22-18-15-14-17-21-25-29-35-43-51-59-73(4)5)98-81(86)64-56-48-39-31-27-23-19-13-11-10-12-16-20-24-28-34-42-50-58-72(2)3/h72-78,83H,9-71H2,1-8H3,(H,88,89)(H,90,91)/t75?,76?,77-,78-/m1/s1. The van der Waals surface area contributed by atoms with E-state index in [-0.39, 0.29) is 25.7 Å². The van der Waals surface area contributed by atoms with Gasteiger partial charge in [-0.2, -0.15) is 0 Å². The highest BCUT2D eigenvalue weighted by atomic mass is 31.2. The topological polar surface area (TPSA) is 237 Å². The fourth-order valence-electron chi connectivity index (χ4n) is 12.6. The summed E-state index contributed by atoms with van der Waals surface area (Å²) >= 11 is 0. The zero-order valence-electron chi connectivity index (χ0n) is 66.5. The highest BCUT2D eigenvalue weighted by Crippen LogP contribution is 2.45. The van der Waals surface area contributed by atoms with Crippen molar-refractivity contribution in [2.24, 2.45) is 23.7 Å². The van der Waals surface area contributed by atoms with Crippen molar-refractivity contribution in [2.45, 2.75) is 440 Å². The lowest BCUT2D eigenvalue weighted by Crippen LogP contribution is -2.30. The zero-order chi connectivity index (χ0) is 74.6. The molecule has 0 saturated heterocycles. The van der Waals surface area contributed by atoms with Gasteiger partial charge in [0.1, 0.15) is 19.3 Å². The van der Waals surface area contributed by atoms with Gasteiger partial charge in [-0.05, 0) is 49.4 Å². The fraction of sp³-hybridized carbons (Fsp3) is 0.951. The zero-order valence-corrected chi connectivity index (χ0v) is 68.3. The number of carbonyl (C=O) groups excluding carboxylic acids is 4. The average molecular weight is 1480 g/mol. The molecule has 6 atom stereocenters. The number of unbranched alkanes of at least 4 members (excludes halogenated alkanes) is 44. The first kappa shape index (κ1) is 99.1. The van der Waals surface area contributed by atoms with Crippen molar-refractivity contribution in [1.82, 2.24) is 0 Å². The molecule has 17 nitrogen and oxygen atoms in total. The van der Waals surface area contributed by atoms with E-state index in [0.717, 1.165) is 114 Å². The van der Waals surface area contributed by atoms with Gasteiger partial charge >= 0.3 is 39.5 Å². The van der Waals surface area contributed by atoms with E-state index in [1.807, 2.05) is 0 Å². The molecular formula is C82H160O17P2.